The van der Waals surface area contributed by atoms with E-state index in [1.165, 1.54) is 16.9 Å². The molecule has 0 unspecified atom stereocenters. The first-order valence-electron chi connectivity index (χ1n) is 9.38. The molecule has 0 spiro atoms. The Morgan fingerprint density at radius 2 is 1.79 bits per heavy atom. The normalized spacial score (nSPS) is 14.7. The van der Waals surface area contributed by atoms with Crippen LogP contribution in [0.5, 0.6) is 0 Å². The Balaban J connectivity index is 1.84. The van der Waals surface area contributed by atoms with Gasteiger partial charge in [0.2, 0.25) is 10.9 Å². The molecule has 152 valence electrons. The van der Waals surface area contributed by atoms with Gasteiger partial charge in [-0.2, -0.15) is 18.3 Å². The van der Waals surface area contributed by atoms with E-state index in [0.717, 1.165) is 19.0 Å². The van der Waals surface area contributed by atoms with Crippen molar-refractivity contribution in [2.75, 3.05) is 0 Å². The second-order valence-electron chi connectivity index (χ2n) is 7.81. The number of amides is 1. The summed E-state index contributed by atoms with van der Waals surface area (Å²) in [6, 6.07) is 2.96. The van der Waals surface area contributed by atoms with Gasteiger partial charge in [-0.15, -0.1) is 5.10 Å². The largest absolute Gasteiger partial charge is 0.285 e. The number of carbonyl (C=O) groups is 1. The van der Waals surface area contributed by atoms with Gasteiger partial charge >= 0.3 is 0 Å². The lowest BCUT2D eigenvalue weighted by Crippen LogP contribution is -2.32. The number of rotatable bonds is 7. The highest BCUT2D eigenvalue weighted by Crippen LogP contribution is 2.33. The first-order chi connectivity index (χ1) is 13.1. The van der Waals surface area contributed by atoms with Crippen LogP contribution in [0.3, 0.4) is 0 Å². The molecule has 2 aromatic rings. The molecule has 1 aromatic heterocycles. The maximum atomic E-state index is 14.0. The SMILES string of the molecule is CC(C)c1cc(F)cc(C(C)C)c1CC(=O)NS(=O)(=O)c1cnn(C2CC2)n1. The summed E-state index contributed by atoms with van der Waals surface area (Å²) >= 11 is 0. The van der Waals surface area contributed by atoms with E-state index in [2.05, 4.69) is 14.9 Å². The van der Waals surface area contributed by atoms with Crippen LogP contribution in [0.15, 0.2) is 23.4 Å². The fraction of sp³-hybridized carbons (Fsp3) is 0.526. The molecule has 0 aliphatic heterocycles. The second-order valence-corrected chi connectivity index (χ2v) is 9.44. The first-order valence-corrected chi connectivity index (χ1v) is 10.9. The molecule has 1 N–H and O–H groups in total. The average molecular weight is 408 g/mol. The van der Waals surface area contributed by atoms with E-state index in [1.807, 2.05) is 27.7 Å². The summed E-state index contributed by atoms with van der Waals surface area (Å²) in [5.41, 5.74) is 2.08. The minimum absolute atomic E-state index is 0.00829. The number of hydrogen-bond acceptors (Lipinski definition) is 5. The zero-order valence-electron chi connectivity index (χ0n) is 16.4. The quantitative estimate of drug-likeness (QED) is 0.760. The summed E-state index contributed by atoms with van der Waals surface area (Å²) in [5, 5.41) is 7.64. The maximum absolute atomic E-state index is 14.0. The molecule has 1 amide bonds. The van der Waals surface area contributed by atoms with E-state index in [9.17, 15) is 17.6 Å². The van der Waals surface area contributed by atoms with Crippen molar-refractivity contribution in [2.45, 2.75) is 69.9 Å². The van der Waals surface area contributed by atoms with Gasteiger partial charge in [0.1, 0.15) is 5.82 Å². The lowest BCUT2D eigenvalue weighted by Gasteiger charge is -2.19. The molecule has 1 fully saturated rings. The lowest BCUT2D eigenvalue weighted by atomic mass is 9.87. The first kappa shape index (κ1) is 20.4. The molecule has 28 heavy (non-hydrogen) atoms. The minimum atomic E-state index is -4.11. The predicted octanol–water partition coefficient (Wildman–Crippen LogP) is 3.05. The Morgan fingerprint density at radius 3 is 2.29 bits per heavy atom. The van der Waals surface area contributed by atoms with Crippen LogP contribution in [0.25, 0.3) is 0 Å². The Labute approximate surface area is 164 Å². The highest BCUT2D eigenvalue weighted by Gasteiger charge is 2.29. The van der Waals surface area contributed by atoms with Crippen LogP contribution in [0, 0.1) is 5.82 Å². The van der Waals surface area contributed by atoms with Crippen LogP contribution in [-0.4, -0.2) is 29.3 Å². The Kier molecular flexibility index (Phi) is 5.56. The number of aromatic nitrogens is 3. The number of carbonyl (C=O) groups excluding carboxylic acids is 1. The number of halogens is 1. The molecule has 0 atom stereocenters. The van der Waals surface area contributed by atoms with Gasteiger partial charge in [0.25, 0.3) is 10.0 Å². The van der Waals surface area contributed by atoms with Gasteiger partial charge in [-0.3, -0.25) is 4.79 Å². The lowest BCUT2D eigenvalue weighted by molar-refractivity contribution is -0.118. The number of hydrogen-bond donors (Lipinski definition) is 1. The van der Waals surface area contributed by atoms with Crippen molar-refractivity contribution >= 4 is 15.9 Å². The Morgan fingerprint density at radius 1 is 1.21 bits per heavy atom. The minimum Gasteiger partial charge on any atom is -0.274 e. The highest BCUT2D eigenvalue weighted by atomic mass is 32.2. The van der Waals surface area contributed by atoms with Crippen LogP contribution in [0.2, 0.25) is 0 Å². The monoisotopic (exact) mass is 408 g/mol. The number of benzene rings is 1. The molecule has 1 aliphatic carbocycles. The van der Waals surface area contributed by atoms with Crippen molar-refractivity contribution in [3.05, 3.63) is 40.8 Å². The number of nitrogens with one attached hydrogen (secondary N) is 1. The molecule has 1 saturated carbocycles. The number of nitrogens with zero attached hydrogens (tertiary/aromatic N) is 3. The van der Waals surface area contributed by atoms with Crippen molar-refractivity contribution in [3.63, 3.8) is 0 Å². The Bertz CT molecular complexity index is 965. The maximum Gasteiger partial charge on any atom is 0.285 e. The highest BCUT2D eigenvalue weighted by molar-refractivity contribution is 7.90. The molecule has 3 rings (SSSR count). The summed E-state index contributed by atoms with van der Waals surface area (Å²) in [7, 11) is -4.11. The van der Waals surface area contributed by atoms with Crippen LogP contribution in [0.1, 0.15) is 75.1 Å². The molecule has 0 radical (unpaired) electrons. The van der Waals surface area contributed by atoms with Crippen LogP contribution in [-0.2, 0) is 21.2 Å². The summed E-state index contributed by atoms with van der Waals surface area (Å²) in [4.78, 5) is 13.9. The third-order valence-electron chi connectivity index (χ3n) is 4.75. The smallest absolute Gasteiger partial charge is 0.274 e. The zero-order chi connectivity index (χ0) is 20.6. The molecule has 1 heterocycles. The van der Waals surface area contributed by atoms with Crippen LogP contribution >= 0.6 is 0 Å². The molecule has 7 nitrogen and oxygen atoms in total. The molecule has 0 saturated heterocycles. The molecule has 0 bridgehead atoms. The van der Waals surface area contributed by atoms with Gasteiger partial charge in [-0.1, -0.05) is 27.7 Å². The van der Waals surface area contributed by atoms with Crippen molar-refractivity contribution in [1.29, 1.82) is 0 Å². The molecular weight excluding hydrogens is 383 g/mol. The van der Waals surface area contributed by atoms with E-state index in [-0.39, 0.29) is 35.1 Å². The van der Waals surface area contributed by atoms with Gasteiger partial charge in [-0.05, 0) is 53.5 Å². The summed E-state index contributed by atoms with van der Waals surface area (Å²) in [5.74, 6) is -1.06. The molecular formula is C19H25FN4O3S. The van der Waals surface area contributed by atoms with E-state index < -0.39 is 15.9 Å². The molecule has 1 aliphatic rings. The van der Waals surface area contributed by atoms with Gasteiger partial charge < -0.3 is 0 Å². The standard InChI is InChI=1S/C19H25FN4O3S/c1-11(2)15-7-13(20)8-16(12(3)4)17(15)9-18(25)23-28(26,27)19-10-21-24(22-19)14-5-6-14/h7-8,10-12,14H,5-6,9H2,1-4H3,(H,23,25). The average Bonchev–Trinajstić information content (AvgIpc) is 3.31. The van der Waals surface area contributed by atoms with Gasteiger partial charge in [0, 0.05) is 0 Å². The summed E-state index contributed by atoms with van der Waals surface area (Å²) in [6.07, 6.45) is 2.82. The third kappa shape index (κ3) is 4.40. The van der Waals surface area contributed by atoms with E-state index in [0.29, 0.717) is 16.7 Å². The van der Waals surface area contributed by atoms with Crippen LogP contribution < -0.4 is 4.72 Å². The summed E-state index contributed by atoms with van der Waals surface area (Å²) < 4.78 is 41.0. The van der Waals surface area contributed by atoms with Crippen molar-refractivity contribution in [1.82, 2.24) is 19.7 Å². The predicted molar refractivity (Wildman–Crippen MR) is 102 cm³/mol. The van der Waals surface area contributed by atoms with Crippen molar-refractivity contribution in [3.8, 4) is 0 Å². The number of sulfonamides is 1. The fourth-order valence-corrected chi connectivity index (χ4v) is 4.03. The van der Waals surface area contributed by atoms with Crippen molar-refractivity contribution in [2.24, 2.45) is 0 Å². The van der Waals surface area contributed by atoms with Gasteiger partial charge in [-0.25, -0.2) is 9.11 Å². The third-order valence-corrected chi connectivity index (χ3v) is 5.98. The van der Waals surface area contributed by atoms with Gasteiger partial charge in [0.15, 0.2) is 0 Å². The summed E-state index contributed by atoms with van der Waals surface area (Å²) in [6.45, 7) is 7.64. The van der Waals surface area contributed by atoms with E-state index in [4.69, 9.17) is 0 Å². The van der Waals surface area contributed by atoms with Gasteiger partial charge in [0.05, 0.1) is 18.7 Å². The van der Waals surface area contributed by atoms with E-state index in [1.54, 1.807) is 0 Å². The van der Waals surface area contributed by atoms with E-state index >= 15 is 0 Å². The zero-order valence-corrected chi connectivity index (χ0v) is 17.3. The topological polar surface area (TPSA) is 94.0 Å². The Hall–Kier alpha value is -2.29. The van der Waals surface area contributed by atoms with Crippen LogP contribution in [0.4, 0.5) is 4.39 Å². The molecule has 9 heteroatoms. The van der Waals surface area contributed by atoms with Crippen molar-refractivity contribution < 1.29 is 17.6 Å². The second kappa shape index (κ2) is 7.62. The molecule has 1 aromatic carbocycles. The fourth-order valence-electron chi connectivity index (χ4n) is 3.18.